The summed E-state index contributed by atoms with van der Waals surface area (Å²) in [4.78, 5) is 0. The van der Waals surface area contributed by atoms with E-state index in [0.29, 0.717) is 6.42 Å². The predicted molar refractivity (Wildman–Crippen MR) is 110 cm³/mol. The highest BCUT2D eigenvalue weighted by Gasteiger charge is 2.13. The lowest BCUT2D eigenvalue weighted by Crippen LogP contribution is -2.29. The molecule has 3 rings (SSSR count). The molecule has 2 aromatic carbocycles. The van der Waals surface area contributed by atoms with Gasteiger partial charge in [-0.25, -0.2) is 5.84 Å². The zero-order chi connectivity index (χ0) is 19.1. The van der Waals surface area contributed by atoms with Crippen LogP contribution in [0.5, 0.6) is 0 Å². The minimum Gasteiger partial charge on any atom is -0.403 e. The van der Waals surface area contributed by atoms with Crippen LogP contribution in [0.15, 0.2) is 60.9 Å². The van der Waals surface area contributed by atoms with Gasteiger partial charge in [-0.15, -0.1) is 0 Å². The minimum absolute atomic E-state index is 0.119. The van der Waals surface area contributed by atoms with Gasteiger partial charge in [0, 0.05) is 42.5 Å². The lowest BCUT2D eigenvalue weighted by molar-refractivity contribution is 0.300. The molecule has 0 amide bonds. The quantitative estimate of drug-likeness (QED) is 0.486. The highest BCUT2D eigenvalue weighted by molar-refractivity contribution is 5.89. The fourth-order valence-corrected chi connectivity index (χ4v) is 2.99. The molecule has 0 atom stereocenters. The molecule has 1 heterocycles. The number of rotatable bonds is 5. The van der Waals surface area contributed by atoms with Crippen molar-refractivity contribution in [3.63, 3.8) is 0 Å². The molecule has 5 nitrogen and oxygen atoms in total. The van der Waals surface area contributed by atoms with Crippen molar-refractivity contribution in [3.05, 3.63) is 72.1 Å². The smallest absolute Gasteiger partial charge is 0.0801 e. The first-order valence-corrected chi connectivity index (χ1v) is 8.86. The first-order chi connectivity index (χ1) is 12.7. The highest BCUT2D eigenvalue weighted by atomic mass is 16.2. The molecule has 26 heavy (non-hydrogen) atoms. The van der Waals surface area contributed by atoms with E-state index in [1.54, 1.807) is 5.01 Å². The summed E-state index contributed by atoms with van der Waals surface area (Å²) in [6.07, 6.45) is 4.17. The maximum atomic E-state index is 9.27. The van der Waals surface area contributed by atoms with Crippen molar-refractivity contribution >= 4 is 22.3 Å². The number of anilines is 1. The normalized spacial score (nSPS) is 11.2. The number of aromatic nitrogens is 1. The summed E-state index contributed by atoms with van der Waals surface area (Å²) in [5.41, 5.74) is 10.5. The average Bonchev–Trinajstić information content (AvgIpc) is 3.00. The molecule has 0 saturated heterocycles. The second kappa shape index (κ2) is 9.08. The van der Waals surface area contributed by atoms with Gasteiger partial charge < -0.3 is 15.4 Å². The Kier molecular flexibility index (Phi) is 6.83. The van der Waals surface area contributed by atoms with Gasteiger partial charge in [-0.1, -0.05) is 44.2 Å². The number of aliphatic hydroxyl groups excluding tert-OH is 1. The van der Waals surface area contributed by atoms with Crippen LogP contribution in [-0.2, 0) is 13.5 Å². The Morgan fingerprint density at radius 3 is 2.46 bits per heavy atom. The summed E-state index contributed by atoms with van der Waals surface area (Å²) in [5, 5.41) is 11.9. The molecule has 0 aliphatic carbocycles. The van der Waals surface area contributed by atoms with Crippen molar-refractivity contribution in [1.29, 1.82) is 0 Å². The van der Waals surface area contributed by atoms with E-state index in [-0.39, 0.29) is 6.61 Å². The Balaban J connectivity index is 0.00000117. The van der Waals surface area contributed by atoms with E-state index in [2.05, 4.69) is 4.57 Å². The van der Waals surface area contributed by atoms with E-state index in [1.807, 2.05) is 75.6 Å². The molecule has 0 aliphatic rings. The molecular weight excluding hydrogens is 324 g/mol. The molecule has 0 saturated carbocycles. The first-order valence-electron chi connectivity index (χ1n) is 8.86. The van der Waals surface area contributed by atoms with Crippen molar-refractivity contribution in [3.8, 4) is 0 Å². The third-order valence-electron chi connectivity index (χ3n) is 4.20. The summed E-state index contributed by atoms with van der Waals surface area (Å²) < 4.78 is 2.06. The Labute approximate surface area is 155 Å². The van der Waals surface area contributed by atoms with Gasteiger partial charge in [0.25, 0.3) is 0 Å². The van der Waals surface area contributed by atoms with Gasteiger partial charge in [0.15, 0.2) is 0 Å². The lowest BCUT2D eigenvalue weighted by atomic mass is 10.1. The van der Waals surface area contributed by atoms with Crippen LogP contribution >= 0.6 is 0 Å². The number of hydrogen-bond donors (Lipinski definition) is 3. The minimum atomic E-state index is 0.119. The number of benzene rings is 2. The van der Waals surface area contributed by atoms with Crippen molar-refractivity contribution in [2.45, 2.75) is 20.3 Å². The van der Waals surface area contributed by atoms with Crippen molar-refractivity contribution in [2.75, 3.05) is 11.6 Å². The Bertz CT molecular complexity index is 868. The topological polar surface area (TPSA) is 80.4 Å². The number of nitrogens with zero attached hydrogens (tertiary/aromatic N) is 2. The number of aryl methyl sites for hydroxylation is 1. The van der Waals surface area contributed by atoms with Gasteiger partial charge in [0.05, 0.1) is 11.4 Å². The third-order valence-corrected chi connectivity index (χ3v) is 4.20. The molecule has 5 N–H and O–H groups in total. The highest BCUT2D eigenvalue weighted by Crippen LogP contribution is 2.29. The van der Waals surface area contributed by atoms with Gasteiger partial charge in [0.2, 0.25) is 0 Å². The Hall–Kier alpha value is -2.76. The van der Waals surface area contributed by atoms with Gasteiger partial charge in [-0.05, 0) is 30.2 Å². The van der Waals surface area contributed by atoms with Crippen molar-refractivity contribution in [2.24, 2.45) is 18.6 Å². The number of fused-ring (bicyclic) bond motifs is 1. The standard InChI is InChI=1S/C19H22N4O.C2H6/c1-22-13-15(9-10-24)17-11-16(7-8-18(17)22)23(21)19(12-20)14-5-3-2-4-6-14;1-2/h2-8,11-13,24H,9-10,20-21H2,1H3;1-2H3/b19-12-;. The van der Waals surface area contributed by atoms with Crippen LogP contribution in [0.3, 0.4) is 0 Å². The van der Waals surface area contributed by atoms with Crippen LogP contribution in [0.1, 0.15) is 25.0 Å². The van der Waals surface area contributed by atoms with Gasteiger partial charge in [-0.3, -0.25) is 5.01 Å². The monoisotopic (exact) mass is 352 g/mol. The third kappa shape index (κ3) is 3.90. The van der Waals surface area contributed by atoms with Crippen molar-refractivity contribution < 1.29 is 5.11 Å². The maximum absolute atomic E-state index is 9.27. The largest absolute Gasteiger partial charge is 0.403 e. The van der Waals surface area contributed by atoms with Crippen LogP contribution in [0.2, 0.25) is 0 Å². The van der Waals surface area contributed by atoms with E-state index < -0.39 is 0 Å². The second-order valence-electron chi connectivity index (χ2n) is 5.73. The zero-order valence-electron chi connectivity index (χ0n) is 15.7. The molecule has 0 unspecified atom stereocenters. The Morgan fingerprint density at radius 2 is 1.85 bits per heavy atom. The molecule has 5 heteroatoms. The second-order valence-corrected chi connectivity index (χ2v) is 5.73. The van der Waals surface area contributed by atoms with Crippen LogP contribution < -0.4 is 16.6 Å². The molecule has 0 aliphatic heterocycles. The average molecular weight is 352 g/mol. The molecule has 0 spiro atoms. The molecule has 0 radical (unpaired) electrons. The fourth-order valence-electron chi connectivity index (χ4n) is 2.99. The summed E-state index contributed by atoms with van der Waals surface area (Å²) >= 11 is 0. The SMILES string of the molecule is CC.Cn1cc(CCO)c2cc(N(N)/C(=C\N)c3ccccc3)ccc21. The van der Waals surface area contributed by atoms with Crippen LogP contribution in [0, 0.1) is 0 Å². The number of hydrazine groups is 1. The first kappa shape index (κ1) is 19.6. The van der Waals surface area contributed by atoms with Gasteiger partial charge in [-0.2, -0.15) is 0 Å². The molecule has 138 valence electrons. The van der Waals surface area contributed by atoms with E-state index in [0.717, 1.165) is 33.4 Å². The van der Waals surface area contributed by atoms with E-state index in [9.17, 15) is 5.11 Å². The molecule has 0 fully saturated rings. The number of hydrogen-bond acceptors (Lipinski definition) is 4. The summed E-state index contributed by atoms with van der Waals surface area (Å²) in [6, 6.07) is 15.8. The molecule has 1 aromatic heterocycles. The summed E-state index contributed by atoms with van der Waals surface area (Å²) in [5.74, 6) is 6.33. The van der Waals surface area contributed by atoms with Gasteiger partial charge in [0.1, 0.15) is 0 Å². The van der Waals surface area contributed by atoms with Crippen molar-refractivity contribution in [1.82, 2.24) is 4.57 Å². The van der Waals surface area contributed by atoms with Gasteiger partial charge >= 0.3 is 0 Å². The van der Waals surface area contributed by atoms with E-state index in [1.165, 1.54) is 6.20 Å². The van der Waals surface area contributed by atoms with Crippen LogP contribution in [-0.4, -0.2) is 16.3 Å². The zero-order valence-corrected chi connectivity index (χ0v) is 15.7. The molecule has 0 bridgehead atoms. The molecular formula is C21H28N4O. The maximum Gasteiger partial charge on any atom is 0.0801 e. The number of aliphatic hydroxyl groups is 1. The van der Waals surface area contributed by atoms with E-state index >= 15 is 0 Å². The Morgan fingerprint density at radius 1 is 1.15 bits per heavy atom. The summed E-state index contributed by atoms with van der Waals surface area (Å²) in [6.45, 7) is 4.12. The summed E-state index contributed by atoms with van der Waals surface area (Å²) in [7, 11) is 2.00. The predicted octanol–water partition coefficient (Wildman–Crippen LogP) is 3.38. The molecule has 3 aromatic rings. The fraction of sp³-hybridized carbons (Fsp3) is 0.238. The van der Waals surface area contributed by atoms with Crippen LogP contribution in [0.25, 0.3) is 16.6 Å². The van der Waals surface area contributed by atoms with E-state index in [4.69, 9.17) is 11.6 Å². The number of nitrogens with two attached hydrogens (primary N) is 2. The van der Waals surface area contributed by atoms with Crippen LogP contribution in [0.4, 0.5) is 5.69 Å². The lowest BCUT2D eigenvalue weighted by Gasteiger charge is -2.22.